The zero-order valence-electron chi connectivity index (χ0n) is 13.1. The number of ether oxygens (including phenoxy) is 1. The lowest BCUT2D eigenvalue weighted by Gasteiger charge is -2.14. The van der Waals surface area contributed by atoms with E-state index in [4.69, 9.17) is 10.5 Å². The van der Waals surface area contributed by atoms with E-state index in [-0.39, 0.29) is 6.42 Å². The standard InChI is InChI=1S/C19H18N2O3/c20-19(23)18(13-6-2-1-3-7-13)24-17(22)11-10-14-12-21-16-9-5-4-8-15(14)16/h1-9,12,18,21H,10-11H2,(H2,20,23). The fraction of sp³-hybridized carbons (Fsp3) is 0.158. The molecule has 1 atom stereocenters. The normalized spacial score (nSPS) is 12.0. The number of benzene rings is 2. The van der Waals surface area contributed by atoms with Gasteiger partial charge in [-0.1, -0.05) is 48.5 Å². The van der Waals surface area contributed by atoms with E-state index < -0.39 is 18.0 Å². The van der Waals surface area contributed by atoms with Crippen LogP contribution in [0.1, 0.15) is 23.7 Å². The molecule has 5 heteroatoms. The lowest BCUT2D eigenvalue weighted by molar-refractivity contribution is -0.155. The maximum absolute atomic E-state index is 12.1. The number of fused-ring (bicyclic) bond motifs is 1. The Kier molecular flexibility index (Phi) is 4.61. The molecule has 0 aliphatic heterocycles. The second-order valence-electron chi connectivity index (χ2n) is 5.54. The van der Waals surface area contributed by atoms with Crippen molar-refractivity contribution in [1.29, 1.82) is 0 Å². The number of para-hydroxylation sites is 1. The summed E-state index contributed by atoms with van der Waals surface area (Å²) in [4.78, 5) is 26.9. The van der Waals surface area contributed by atoms with Gasteiger partial charge in [-0.2, -0.15) is 0 Å². The average Bonchev–Trinajstić information content (AvgIpc) is 3.01. The van der Waals surface area contributed by atoms with Gasteiger partial charge in [0.25, 0.3) is 5.91 Å². The zero-order valence-corrected chi connectivity index (χ0v) is 13.1. The Morgan fingerprint density at radius 1 is 1.04 bits per heavy atom. The summed E-state index contributed by atoms with van der Waals surface area (Å²) < 4.78 is 5.28. The van der Waals surface area contributed by atoms with Gasteiger partial charge in [0.2, 0.25) is 6.10 Å². The molecule has 3 aromatic rings. The monoisotopic (exact) mass is 322 g/mol. The molecule has 5 nitrogen and oxygen atoms in total. The van der Waals surface area contributed by atoms with Crippen molar-refractivity contribution in [3.63, 3.8) is 0 Å². The first kappa shape index (κ1) is 15.8. The highest BCUT2D eigenvalue weighted by molar-refractivity contribution is 5.85. The van der Waals surface area contributed by atoms with E-state index in [0.29, 0.717) is 12.0 Å². The number of primary amides is 1. The number of carbonyl (C=O) groups is 2. The van der Waals surface area contributed by atoms with Gasteiger partial charge in [0.05, 0.1) is 0 Å². The van der Waals surface area contributed by atoms with Gasteiger partial charge in [-0.3, -0.25) is 9.59 Å². The summed E-state index contributed by atoms with van der Waals surface area (Å²) >= 11 is 0. The summed E-state index contributed by atoms with van der Waals surface area (Å²) in [6.07, 6.45) is 1.55. The smallest absolute Gasteiger partial charge is 0.307 e. The quantitative estimate of drug-likeness (QED) is 0.684. The largest absolute Gasteiger partial charge is 0.447 e. The minimum atomic E-state index is -1.05. The summed E-state index contributed by atoms with van der Waals surface area (Å²) in [7, 11) is 0. The van der Waals surface area contributed by atoms with Crippen molar-refractivity contribution >= 4 is 22.8 Å². The van der Waals surface area contributed by atoms with Gasteiger partial charge < -0.3 is 15.5 Å². The van der Waals surface area contributed by atoms with Crippen molar-refractivity contribution in [2.75, 3.05) is 0 Å². The van der Waals surface area contributed by atoms with Crippen molar-refractivity contribution in [3.05, 3.63) is 71.9 Å². The molecule has 0 spiro atoms. The van der Waals surface area contributed by atoms with Crippen molar-refractivity contribution in [2.24, 2.45) is 5.73 Å². The van der Waals surface area contributed by atoms with Crippen LogP contribution in [0.5, 0.6) is 0 Å². The third-order valence-electron chi connectivity index (χ3n) is 3.88. The summed E-state index contributed by atoms with van der Waals surface area (Å²) in [5, 5.41) is 1.08. The number of esters is 1. The predicted octanol–water partition coefficient (Wildman–Crippen LogP) is 2.87. The fourth-order valence-corrected chi connectivity index (χ4v) is 2.68. The number of rotatable bonds is 6. The number of aromatic amines is 1. The first-order valence-electron chi connectivity index (χ1n) is 7.74. The Hall–Kier alpha value is -3.08. The summed E-state index contributed by atoms with van der Waals surface area (Å²) in [5.41, 5.74) is 8.00. The van der Waals surface area contributed by atoms with Gasteiger partial charge in [0.15, 0.2) is 0 Å². The molecule has 0 aliphatic carbocycles. The second kappa shape index (κ2) is 7.00. The molecule has 1 amide bonds. The molecule has 0 aliphatic rings. The third-order valence-corrected chi connectivity index (χ3v) is 3.88. The maximum atomic E-state index is 12.1. The Labute approximate surface area is 139 Å². The van der Waals surface area contributed by atoms with Crippen molar-refractivity contribution < 1.29 is 14.3 Å². The minimum Gasteiger partial charge on any atom is -0.447 e. The van der Waals surface area contributed by atoms with Crippen LogP contribution in [-0.4, -0.2) is 16.9 Å². The van der Waals surface area contributed by atoms with Gasteiger partial charge in [0.1, 0.15) is 0 Å². The number of H-pyrrole nitrogens is 1. The maximum Gasteiger partial charge on any atom is 0.307 e. The molecule has 1 aromatic heterocycles. The molecular formula is C19H18N2O3. The topological polar surface area (TPSA) is 85.2 Å². The summed E-state index contributed by atoms with van der Waals surface area (Å²) in [6, 6.07) is 16.7. The molecule has 0 fully saturated rings. The van der Waals surface area contributed by atoms with E-state index in [1.807, 2.05) is 36.5 Å². The summed E-state index contributed by atoms with van der Waals surface area (Å²) in [5.74, 6) is -1.13. The number of aryl methyl sites for hydroxylation is 1. The van der Waals surface area contributed by atoms with Crippen LogP contribution in [0.15, 0.2) is 60.8 Å². The molecule has 0 radical (unpaired) electrons. The number of amides is 1. The number of aromatic nitrogens is 1. The van der Waals surface area contributed by atoms with Crippen molar-refractivity contribution in [1.82, 2.24) is 4.98 Å². The van der Waals surface area contributed by atoms with Crippen LogP contribution < -0.4 is 5.73 Å². The minimum absolute atomic E-state index is 0.179. The first-order chi connectivity index (χ1) is 11.6. The molecule has 0 bridgehead atoms. The van der Waals surface area contributed by atoms with E-state index in [0.717, 1.165) is 16.5 Å². The zero-order chi connectivity index (χ0) is 16.9. The number of hydrogen-bond acceptors (Lipinski definition) is 3. The van der Waals surface area contributed by atoms with E-state index in [9.17, 15) is 9.59 Å². The molecule has 24 heavy (non-hydrogen) atoms. The van der Waals surface area contributed by atoms with E-state index >= 15 is 0 Å². The molecule has 0 saturated carbocycles. The van der Waals surface area contributed by atoms with Crippen LogP contribution in [0.4, 0.5) is 0 Å². The second-order valence-corrected chi connectivity index (χ2v) is 5.54. The Morgan fingerprint density at radius 3 is 2.50 bits per heavy atom. The molecule has 3 N–H and O–H groups in total. The van der Waals surface area contributed by atoms with Crippen LogP contribution in [0.2, 0.25) is 0 Å². The molecule has 3 rings (SSSR count). The van der Waals surface area contributed by atoms with Gasteiger partial charge >= 0.3 is 5.97 Å². The van der Waals surface area contributed by atoms with Crippen molar-refractivity contribution in [3.8, 4) is 0 Å². The first-order valence-corrected chi connectivity index (χ1v) is 7.74. The average molecular weight is 322 g/mol. The molecular weight excluding hydrogens is 304 g/mol. The molecule has 2 aromatic carbocycles. The third kappa shape index (κ3) is 3.46. The van der Waals surface area contributed by atoms with Crippen molar-refractivity contribution in [2.45, 2.75) is 18.9 Å². The Balaban J connectivity index is 1.65. The van der Waals surface area contributed by atoms with Crippen LogP contribution in [0.25, 0.3) is 10.9 Å². The van der Waals surface area contributed by atoms with Gasteiger partial charge in [-0.05, 0) is 18.1 Å². The van der Waals surface area contributed by atoms with Crippen LogP contribution in [0.3, 0.4) is 0 Å². The van der Waals surface area contributed by atoms with Gasteiger partial charge in [-0.25, -0.2) is 0 Å². The van der Waals surface area contributed by atoms with Gasteiger partial charge in [0, 0.05) is 29.1 Å². The Morgan fingerprint density at radius 2 is 1.75 bits per heavy atom. The van der Waals surface area contributed by atoms with E-state index in [1.165, 1.54) is 0 Å². The molecule has 1 heterocycles. The summed E-state index contributed by atoms with van der Waals surface area (Å²) in [6.45, 7) is 0. The van der Waals surface area contributed by atoms with E-state index in [2.05, 4.69) is 4.98 Å². The predicted molar refractivity (Wildman–Crippen MR) is 91.1 cm³/mol. The van der Waals surface area contributed by atoms with Gasteiger partial charge in [-0.15, -0.1) is 0 Å². The highest BCUT2D eigenvalue weighted by Gasteiger charge is 2.22. The lowest BCUT2D eigenvalue weighted by Crippen LogP contribution is -2.26. The lowest BCUT2D eigenvalue weighted by atomic mass is 10.1. The Bertz CT molecular complexity index is 855. The molecule has 0 saturated heterocycles. The number of nitrogens with two attached hydrogens (primary N) is 1. The molecule has 1 unspecified atom stereocenters. The van der Waals surface area contributed by atoms with Crippen LogP contribution >= 0.6 is 0 Å². The fourth-order valence-electron chi connectivity index (χ4n) is 2.68. The van der Waals surface area contributed by atoms with E-state index in [1.54, 1.807) is 24.3 Å². The molecule has 122 valence electrons. The highest BCUT2D eigenvalue weighted by Crippen LogP contribution is 2.21. The highest BCUT2D eigenvalue weighted by atomic mass is 16.5. The number of carbonyl (C=O) groups excluding carboxylic acids is 2. The SMILES string of the molecule is NC(=O)C(OC(=O)CCc1c[nH]c2ccccc12)c1ccccc1. The number of hydrogen-bond donors (Lipinski definition) is 2. The number of nitrogens with one attached hydrogen (secondary N) is 1. The van der Waals surface area contributed by atoms with Crippen LogP contribution in [-0.2, 0) is 20.7 Å². The van der Waals surface area contributed by atoms with Crippen LogP contribution in [0, 0.1) is 0 Å².